The molecule has 0 bridgehead atoms. The molecule has 0 amide bonds. The van der Waals surface area contributed by atoms with Gasteiger partial charge in [-0.05, 0) is 31.5 Å². The van der Waals surface area contributed by atoms with Gasteiger partial charge in [0.15, 0.2) is 0 Å². The number of rotatable bonds is 3. The Balaban J connectivity index is 2.28. The number of nitrogens with two attached hydrogens (primary N) is 1. The van der Waals surface area contributed by atoms with Crippen LogP contribution in [0.5, 0.6) is 0 Å². The number of hydrogen-bond acceptors (Lipinski definition) is 5. The molecule has 2 aromatic rings. The van der Waals surface area contributed by atoms with Crippen LogP contribution in [0, 0.1) is 6.92 Å². The predicted molar refractivity (Wildman–Crippen MR) is 66.4 cm³/mol. The number of nitrogens with zero attached hydrogens (tertiary/aromatic N) is 2. The zero-order valence-corrected chi connectivity index (χ0v) is 10.8. The number of halogens is 3. The van der Waals surface area contributed by atoms with Crippen LogP contribution in [0.1, 0.15) is 30.0 Å². The highest BCUT2D eigenvalue weighted by Crippen LogP contribution is 2.32. The van der Waals surface area contributed by atoms with Crippen molar-refractivity contribution in [3.63, 3.8) is 0 Å². The van der Waals surface area contributed by atoms with Crippen molar-refractivity contribution < 1.29 is 17.6 Å². The first-order valence-electron chi connectivity index (χ1n) is 5.81. The van der Waals surface area contributed by atoms with E-state index in [2.05, 4.69) is 15.5 Å². The third-order valence-corrected chi connectivity index (χ3v) is 2.64. The second kappa shape index (κ2) is 5.12. The number of nitrogens with one attached hydrogen (secondary N) is 1. The van der Waals surface area contributed by atoms with Crippen LogP contribution in [-0.2, 0) is 6.18 Å². The lowest BCUT2D eigenvalue weighted by Crippen LogP contribution is -2.06. The highest BCUT2D eigenvalue weighted by Gasteiger charge is 2.30. The molecule has 0 spiro atoms. The van der Waals surface area contributed by atoms with E-state index in [0.29, 0.717) is 5.56 Å². The van der Waals surface area contributed by atoms with E-state index >= 15 is 0 Å². The Morgan fingerprint density at radius 3 is 2.55 bits per heavy atom. The van der Waals surface area contributed by atoms with Crippen molar-refractivity contribution in [3.05, 3.63) is 35.2 Å². The van der Waals surface area contributed by atoms with E-state index in [1.54, 1.807) is 13.8 Å². The van der Waals surface area contributed by atoms with E-state index in [-0.39, 0.29) is 17.6 Å². The van der Waals surface area contributed by atoms with Gasteiger partial charge in [-0.15, -0.1) is 5.10 Å². The minimum Gasteiger partial charge on any atom is -0.406 e. The van der Waals surface area contributed by atoms with E-state index in [4.69, 9.17) is 10.2 Å². The van der Waals surface area contributed by atoms with Gasteiger partial charge in [0.25, 0.3) is 0 Å². The molecule has 1 heterocycles. The average Bonchev–Trinajstić information content (AvgIpc) is 2.79. The van der Waals surface area contributed by atoms with Gasteiger partial charge in [-0.1, -0.05) is 11.2 Å². The van der Waals surface area contributed by atoms with Crippen molar-refractivity contribution in [3.8, 4) is 0 Å². The van der Waals surface area contributed by atoms with Gasteiger partial charge in [0.2, 0.25) is 5.89 Å². The van der Waals surface area contributed by atoms with Gasteiger partial charge < -0.3 is 15.5 Å². The van der Waals surface area contributed by atoms with Gasteiger partial charge in [-0.3, -0.25) is 0 Å². The summed E-state index contributed by atoms with van der Waals surface area (Å²) in [6.45, 7) is 3.33. The third kappa shape index (κ3) is 3.08. The molecule has 0 aliphatic carbocycles. The monoisotopic (exact) mass is 286 g/mol. The van der Waals surface area contributed by atoms with Crippen LogP contribution in [0.4, 0.5) is 24.9 Å². The van der Waals surface area contributed by atoms with Crippen LogP contribution >= 0.6 is 0 Å². The Morgan fingerprint density at radius 1 is 1.30 bits per heavy atom. The molecule has 2 rings (SSSR count). The second-order valence-electron chi connectivity index (χ2n) is 4.39. The molecular formula is C12H13F3N4O. The summed E-state index contributed by atoms with van der Waals surface area (Å²) >= 11 is 0. The van der Waals surface area contributed by atoms with Crippen LogP contribution in [0.15, 0.2) is 22.6 Å². The van der Waals surface area contributed by atoms with Gasteiger partial charge in [0.05, 0.1) is 11.6 Å². The average molecular weight is 286 g/mol. The largest absolute Gasteiger partial charge is 0.416 e. The molecule has 1 aromatic carbocycles. The molecule has 0 saturated carbocycles. The molecule has 1 aromatic heterocycles. The molecule has 5 nitrogen and oxygen atoms in total. The molecule has 1 unspecified atom stereocenters. The summed E-state index contributed by atoms with van der Waals surface area (Å²) in [5.41, 5.74) is 5.68. The first-order valence-corrected chi connectivity index (χ1v) is 5.81. The van der Waals surface area contributed by atoms with Crippen molar-refractivity contribution >= 4 is 11.7 Å². The fourth-order valence-electron chi connectivity index (χ4n) is 1.52. The Morgan fingerprint density at radius 2 is 2.00 bits per heavy atom. The fourth-order valence-corrected chi connectivity index (χ4v) is 1.52. The maximum atomic E-state index is 12.7. The summed E-state index contributed by atoms with van der Waals surface area (Å²) < 4.78 is 43.1. The highest BCUT2D eigenvalue weighted by atomic mass is 19.4. The molecule has 8 heteroatoms. The molecule has 108 valence electrons. The van der Waals surface area contributed by atoms with Crippen LogP contribution < -0.4 is 11.1 Å². The summed E-state index contributed by atoms with van der Waals surface area (Å²) in [6, 6.07) is 2.93. The van der Waals surface area contributed by atoms with Crippen LogP contribution in [0.3, 0.4) is 0 Å². The zero-order chi connectivity index (χ0) is 14.9. The summed E-state index contributed by atoms with van der Waals surface area (Å²) in [7, 11) is 0. The Hall–Kier alpha value is -2.09. The van der Waals surface area contributed by atoms with Crippen molar-refractivity contribution in [2.75, 3.05) is 5.32 Å². The number of anilines is 2. The maximum absolute atomic E-state index is 12.7. The molecule has 0 aliphatic heterocycles. The summed E-state index contributed by atoms with van der Waals surface area (Å²) in [6.07, 6.45) is -4.41. The summed E-state index contributed by atoms with van der Waals surface area (Å²) in [5.74, 6) is 0.206. The van der Waals surface area contributed by atoms with E-state index < -0.39 is 17.8 Å². The normalized spacial score (nSPS) is 13.3. The number of aryl methyl sites for hydroxylation is 1. The van der Waals surface area contributed by atoms with Gasteiger partial charge in [-0.2, -0.15) is 13.2 Å². The first-order chi connectivity index (χ1) is 9.27. The highest BCUT2D eigenvalue weighted by molar-refractivity contribution is 5.58. The summed E-state index contributed by atoms with van der Waals surface area (Å²) in [4.78, 5) is 0. The Labute approximate surface area is 113 Å². The van der Waals surface area contributed by atoms with E-state index in [9.17, 15) is 13.2 Å². The van der Waals surface area contributed by atoms with Crippen LogP contribution in [-0.4, -0.2) is 10.2 Å². The fraction of sp³-hybridized carbons (Fsp3) is 0.333. The lowest BCUT2D eigenvalue weighted by molar-refractivity contribution is -0.137. The number of alkyl halides is 3. The Kier molecular flexibility index (Phi) is 3.67. The molecule has 3 N–H and O–H groups in total. The molecule has 0 fully saturated rings. The van der Waals surface area contributed by atoms with E-state index in [1.165, 1.54) is 6.07 Å². The topological polar surface area (TPSA) is 77.0 Å². The minimum absolute atomic E-state index is 0.000255. The van der Waals surface area contributed by atoms with Crippen LogP contribution in [0.25, 0.3) is 0 Å². The molecule has 0 radical (unpaired) electrons. The number of aromatic nitrogens is 2. The Bertz CT molecular complexity index is 607. The molecule has 20 heavy (non-hydrogen) atoms. The standard InChI is InChI=1S/C12H13F3N4O/c1-6-3-4-8(12(13,14)15)5-9(6)17-11-19-18-10(20-11)7(2)16/h3-5,7H,16H2,1-2H3,(H,17,19). The van der Waals surface area contributed by atoms with Crippen molar-refractivity contribution in [2.45, 2.75) is 26.1 Å². The minimum atomic E-state index is -4.41. The SMILES string of the molecule is Cc1ccc(C(F)(F)F)cc1Nc1nnc(C(C)N)o1. The van der Waals surface area contributed by atoms with Gasteiger partial charge in [-0.25, -0.2) is 0 Å². The third-order valence-electron chi connectivity index (χ3n) is 2.64. The van der Waals surface area contributed by atoms with Gasteiger partial charge in [0.1, 0.15) is 0 Å². The molecule has 1 atom stereocenters. The zero-order valence-electron chi connectivity index (χ0n) is 10.8. The second-order valence-corrected chi connectivity index (χ2v) is 4.39. The molecule has 0 saturated heterocycles. The van der Waals surface area contributed by atoms with Gasteiger partial charge in [0, 0.05) is 5.69 Å². The quantitative estimate of drug-likeness (QED) is 0.906. The van der Waals surface area contributed by atoms with E-state index in [0.717, 1.165) is 12.1 Å². The summed E-state index contributed by atoms with van der Waals surface area (Å²) in [5, 5.41) is 10.0. The van der Waals surface area contributed by atoms with Crippen LogP contribution in [0.2, 0.25) is 0 Å². The van der Waals surface area contributed by atoms with Crippen molar-refractivity contribution in [1.29, 1.82) is 0 Å². The predicted octanol–water partition coefficient (Wildman–Crippen LogP) is 3.16. The number of hydrogen-bond donors (Lipinski definition) is 2. The first kappa shape index (κ1) is 14.3. The van der Waals surface area contributed by atoms with Crippen molar-refractivity contribution in [1.82, 2.24) is 10.2 Å². The van der Waals surface area contributed by atoms with Gasteiger partial charge >= 0.3 is 12.2 Å². The smallest absolute Gasteiger partial charge is 0.406 e. The van der Waals surface area contributed by atoms with E-state index in [1.807, 2.05) is 0 Å². The number of benzene rings is 1. The van der Waals surface area contributed by atoms with Crippen molar-refractivity contribution in [2.24, 2.45) is 5.73 Å². The lowest BCUT2D eigenvalue weighted by Gasteiger charge is -2.11. The molecule has 0 aliphatic rings. The lowest BCUT2D eigenvalue weighted by atomic mass is 10.1. The molecular weight excluding hydrogens is 273 g/mol. The maximum Gasteiger partial charge on any atom is 0.416 e.